The van der Waals surface area contributed by atoms with Crippen LogP contribution in [0.4, 0.5) is 85.3 Å². The fraction of sp³-hybridized carbons (Fsp3) is 0. The molecule has 4 aliphatic rings. The molecule has 0 bridgehead atoms. The van der Waals surface area contributed by atoms with Gasteiger partial charge in [-0.15, -0.1) is 0 Å². The SMILES string of the molecule is c1ccc(N(c2ccccc2)c2cc3c4c(c2)N(c2ccc5ccccc5c2)c2cc5ccccc5cc2B4c2cc4c(cc2S3)N(c2ccccc2)c2cc(N(c3ccccc3)c3ccccc3)cc3c2B4c2cc4ccccc4cc2N3c2ccc3ccccc3c2)cc1. The van der Waals surface area contributed by atoms with Gasteiger partial charge in [0.25, 0.3) is 6.71 Å². The summed E-state index contributed by atoms with van der Waals surface area (Å²) in [5.74, 6) is 0. The number of hydrogen-bond donors (Lipinski definition) is 0. The first kappa shape index (κ1) is 54.6. The average Bonchev–Trinajstić information content (AvgIpc) is 0.688. The van der Waals surface area contributed by atoms with Crippen LogP contribution in [0.2, 0.25) is 0 Å². The Kier molecular flexibility index (Phi) is 12.4. The second-order valence-corrected chi connectivity index (χ2v) is 26.7. The van der Waals surface area contributed by atoms with Crippen molar-refractivity contribution in [2.45, 2.75) is 9.79 Å². The number of para-hydroxylation sites is 5. The molecular formula is C88H57B2N5S. The molecule has 0 aliphatic carbocycles. The van der Waals surface area contributed by atoms with Crippen molar-refractivity contribution in [3.05, 3.63) is 346 Å². The van der Waals surface area contributed by atoms with Gasteiger partial charge in [0.1, 0.15) is 0 Å². The number of anilines is 15. The molecule has 0 atom stereocenters. The lowest BCUT2D eigenvalue weighted by Crippen LogP contribution is -2.64. The van der Waals surface area contributed by atoms with Crippen LogP contribution in [0.3, 0.4) is 0 Å². The topological polar surface area (TPSA) is 16.2 Å². The Labute approximate surface area is 562 Å². The van der Waals surface area contributed by atoms with Crippen LogP contribution in [0, 0.1) is 0 Å². The van der Waals surface area contributed by atoms with E-state index in [1.165, 1.54) is 108 Å². The third kappa shape index (κ3) is 8.62. The highest BCUT2D eigenvalue weighted by atomic mass is 32.2. The van der Waals surface area contributed by atoms with Crippen LogP contribution < -0.4 is 57.3 Å². The molecule has 5 nitrogen and oxygen atoms in total. The Hall–Kier alpha value is -12.0. The second-order valence-electron chi connectivity index (χ2n) is 25.6. The van der Waals surface area contributed by atoms with Crippen molar-refractivity contribution in [2.24, 2.45) is 0 Å². The average molecular weight is 1240 g/mol. The predicted octanol–water partition coefficient (Wildman–Crippen LogP) is 20.1. The van der Waals surface area contributed by atoms with E-state index in [0.717, 1.165) is 62.6 Å². The lowest BCUT2D eigenvalue weighted by molar-refractivity contribution is 1.22. The fourth-order valence-electron chi connectivity index (χ4n) is 16.1. The standard InChI is InChI=1S/C88H57B2N5S/c1-6-32-66(33-7-1)91(67-34-8-2-9-35-67)73-52-82-87-83(53-73)94(71-44-42-58-24-16-18-26-60(58)46-71)79-50-64-30-22-20-28-62(64)48-75(79)89(87)77-56-78-85(57-81(77)93(82)70-40-14-5-15-41-70)96-86-55-74(92(68-36-10-3-11-37-68)69-38-12-4-13-39-69)54-84-88(86)90(78)76-49-63-29-21-23-31-65(63)51-80(76)95(84)72-45-43-59-25-17-19-27-61(59)47-72/h1-57H. The van der Waals surface area contributed by atoms with Gasteiger partial charge in [-0.25, -0.2) is 0 Å². The van der Waals surface area contributed by atoms with Gasteiger partial charge in [-0.3, -0.25) is 0 Å². The zero-order valence-corrected chi connectivity index (χ0v) is 53.0. The first-order valence-corrected chi connectivity index (χ1v) is 33.9. The Balaban J connectivity index is 0.897. The number of benzene rings is 16. The van der Waals surface area contributed by atoms with Crippen LogP contribution in [-0.2, 0) is 0 Å². The summed E-state index contributed by atoms with van der Waals surface area (Å²) in [6, 6.07) is 129. The molecule has 4 aliphatic heterocycles. The van der Waals surface area contributed by atoms with Crippen molar-refractivity contribution < 1.29 is 0 Å². The highest BCUT2D eigenvalue weighted by molar-refractivity contribution is 8.00. The monoisotopic (exact) mass is 1240 g/mol. The van der Waals surface area contributed by atoms with Crippen molar-refractivity contribution in [3.8, 4) is 0 Å². The van der Waals surface area contributed by atoms with Gasteiger partial charge < -0.3 is 24.5 Å². The summed E-state index contributed by atoms with van der Waals surface area (Å²) in [4.78, 5) is 15.1. The van der Waals surface area contributed by atoms with Gasteiger partial charge in [0.2, 0.25) is 6.71 Å². The molecule has 0 spiro atoms. The largest absolute Gasteiger partial charge is 0.311 e. The molecule has 0 N–H and O–H groups in total. The smallest absolute Gasteiger partial charge is 0.252 e. The van der Waals surface area contributed by atoms with E-state index < -0.39 is 0 Å². The Morgan fingerprint density at radius 2 is 0.542 bits per heavy atom. The molecule has 0 fully saturated rings. The van der Waals surface area contributed by atoms with Crippen LogP contribution >= 0.6 is 11.8 Å². The normalized spacial score (nSPS) is 13.1. The number of hydrogen-bond acceptors (Lipinski definition) is 6. The quantitative estimate of drug-likeness (QED) is 0.133. The van der Waals surface area contributed by atoms with Crippen molar-refractivity contribution >= 4 is 186 Å². The van der Waals surface area contributed by atoms with Gasteiger partial charge >= 0.3 is 0 Å². The maximum atomic E-state index is 2.67. The molecule has 8 heteroatoms. The van der Waals surface area contributed by atoms with Crippen molar-refractivity contribution in [3.63, 3.8) is 0 Å². The molecule has 0 radical (unpaired) electrons. The van der Waals surface area contributed by atoms with Crippen LogP contribution in [0.15, 0.2) is 356 Å². The van der Waals surface area contributed by atoms with Gasteiger partial charge in [-0.2, -0.15) is 0 Å². The van der Waals surface area contributed by atoms with E-state index in [1.54, 1.807) is 0 Å². The molecule has 0 aromatic heterocycles. The molecule has 0 unspecified atom stereocenters. The van der Waals surface area contributed by atoms with Crippen LogP contribution in [-0.4, -0.2) is 13.4 Å². The molecule has 16 aromatic carbocycles. The van der Waals surface area contributed by atoms with E-state index in [4.69, 9.17) is 0 Å². The molecule has 446 valence electrons. The van der Waals surface area contributed by atoms with E-state index in [-0.39, 0.29) is 13.4 Å². The van der Waals surface area contributed by atoms with Gasteiger partial charge in [0.15, 0.2) is 0 Å². The predicted molar refractivity (Wildman–Crippen MR) is 410 cm³/mol. The van der Waals surface area contributed by atoms with E-state index in [1.807, 2.05) is 11.8 Å². The number of fused-ring (bicyclic) bond motifs is 12. The molecule has 16 aromatic rings. The lowest BCUT2D eigenvalue weighted by atomic mass is 9.31. The van der Waals surface area contributed by atoms with Gasteiger partial charge in [0, 0.05) is 89.4 Å². The van der Waals surface area contributed by atoms with Gasteiger partial charge in [-0.1, -0.05) is 236 Å². The Morgan fingerprint density at radius 1 is 0.208 bits per heavy atom. The Bertz CT molecular complexity index is 5740. The van der Waals surface area contributed by atoms with E-state index >= 15 is 0 Å². The number of rotatable bonds is 9. The van der Waals surface area contributed by atoms with Crippen molar-refractivity contribution in [2.75, 3.05) is 24.5 Å². The van der Waals surface area contributed by atoms with Crippen LogP contribution in [0.5, 0.6) is 0 Å². The van der Waals surface area contributed by atoms with E-state index in [2.05, 4.69) is 370 Å². The minimum Gasteiger partial charge on any atom is -0.311 e. The molecule has 0 saturated heterocycles. The first-order valence-electron chi connectivity index (χ1n) is 33.1. The first-order chi connectivity index (χ1) is 47.6. The molecule has 0 saturated carbocycles. The van der Waals surface area contributed by atoms with Crippen LogP contribution in [0.25, 0.3) is 43.1 Å². The zero-order valence-electron chi connectivity index (χ0n) is 52.2. The molecule has 4 heterocycles. The summed E-state index contributed by atoms with van der Waals surface area (Å²) >= 11 is 1.92. The molecule has 0 amide bonds. The molecule has 20 rings (SSSR count). The summed E-state index contributed by atoms with van der Waals surface area (Å²) in [6.07, 6.45) is 0. The maximum absolute atomic E-state index is 2.67. The van der Waals surface area contributed by atoms with E-state index in [0.29, 0.717) is 0 Å². The molecular weight excluding hydrogens is 1180 g/mol. The number of nitrogens with zero attached hydrogens (tertiary/aromatic N) is 5. The molecule has 96 heavy (non-hydrogen) atoms. The van der Waals surface area contributed by atoms with Crippen molar-refractivity contribution in [1.82, 2.24) is 0 Å². The van der Waals surface area contributed by atoms with E-state index in [9.17, 15) is 0 Å². The lowest BCUT2D eigenvalue weighted by Gasteiger charge is -2.46. The second kappa shape index (κ2) is 21.8. The summed E-state index contributed by atoms with van der Waals surface area (Å²) < 4.78 is 0. The summed E-state index contributed by atoms with van der Waals surface area (Å²) in [5, 5.41) is 9.66. The van der Waals surface area contributed by atoms with Gasteiger partial charge in [-0.05, 0) is 198 Å². The highest BCUT2D eigenvalue weighted by Crippen LogP contribution is 2.52. The third-order valence-electron chi connectivity index (χ3n) is 20.2. The fourth-order valence-corrected chi connectivity index (χ4v) is 17.3. The highest BCUT2D eigenvalue weighted by Gasteiger charge is 2.48. The van der Waals surface area contributed by atoms with Crippen LogP contribution in [0.1, 0.15) is 0 Å². The zero-order chi connectivity index (χ0) is 63.0. The summed E-state index contributed by atoms with van der Waals surface area (Å²) in [7, 11) is 0. The minimum atomic E-state index is -0.185. The maximum Gasteiger partial charge on any atom is 0.252 e. The van der Waals surface area contributed by atoms with Gasteiger partial charge in [0.05, 0.1) is 5.69 Å². The summed E-state index contributed by atoms with van der Waals surface area (Å²) in [5.41, 5.74) is 24.5. The Morgan fingerprint density at radius 3 is 0.990 bits per heavy atom. The van der Waals surface area contributed by atoms with Crippen molar-refractivity contribution in [1.29, 1.82) is 0 Å². The third-order valence-corrected chi connectivity index (χ3v) is 21.4. The minimum absolute atomic E-state index is 0.142. The summed E-state index contributed by atoms with van der Waals surface area (Å²) in [6.45, 7) is -0.328.